The Kier molecular flexibility index (Phi) is 4.10. The summed E-state index contributed by atoms with van der Waals surface area (Å²) in [5, 5.41) is 4.96. The molecule has 1 saturated heterocycles. The second kappa shape index (κ2) is 5.89. The van der Waals surface area contributed by atoms with Crippen LogP contribution in [-0.4, -0.2) is 43.0 Å². The molecule has 0 amide bonds. The number of aromatic nitrogens is 1. The van der Waals surface area contributed by atoms with E-state index in [1.165, 1.54) is 11.8 Å². The third kappa shape index (κ3) is 2.48. The van der Waals surface area contributed by atoms with Gasteiger partial charge >= 0.3 is 0 Å². The van der Waals surface area contributed by atoms with Gasteiger partial charge in [-0.2, -0.15) is 0 Å². The number of morpholine rings is 1. The third-order valence-corrected chi connectivity index (χ3v) is 4.41. The van der Waals surface area contributed by atoms with Crippen molar-refractivity contribution in [1.29, 1.82) is 0 Å². The first kappa shape index (κ1) is 15.3. The fourth-order valence-corrected chi connectivity index (χ4v) is 3.43. The molecule has 2 heterocycles. The van der Waals surface area contributed by atoms with Gasteiger partial charge in [-0.3, -0.25) is 4.79 Å². The number of anilines is 1. The molecule has 2 aromatic rings. The second-order valence-electron chi connectivity index (χ2n) is 5.48. The molecule has 0 saturated carbocycles. The van der Waals surface area contributed by atoms with E-state index in [9.17, 15) is 9.18 Å². The molecular weight excluding hydrogens is 307 g/mol. The van der Waals surface area contributed by atoms with Gasteiger partial charge in [-0.1, -0.05) is 5.16 Å². The van der Waals surface area contributed by atoms with Crippen LogP contribution in [0.25, 0.3) is 11.0 Å². The number of aldehydes is 1. The summed E-state index contributed by atoms with van der Waals surface area (Å²) >= 11 is 1.35. The molecule has 0 aliphatic carbocycles. The van der Waals surface area contributed by atoms with Gasteiger partial charge in [-0.05, 0) is 26.2 Å². The van der Waals surface area contributed by atoms with Crippen LogP contribution in [0, 0.1) is 5.82 Å². The minimum Gasteiger partial charge on any atom is -0.372 e. The molecule has 22 heavy (non-hydrogen) atoms. The topological polar surface area (TPSA) is 55.6 Å². The Morgan fingerprint density at radius 3 is 2.68 bits per heavy atom. The largest absolute Gasteiger partial charge is 0.372 e. The molecule has 0 N–H and O–H groups in total. The lowest BCUT2D eigenvalue weighted by atomic mass is 10.1. The number of benzene rings is 1. The van der Waals surface area contributed by atoms with Crippen molar-refractivity contribution in [3.63, 3.8) is 0 Å². The first-order chi connectivity index (χ1) is 10.5. The van der Waals surface area contributed by atoms with E-state index < -0.39 is 5.82 Å². The van der Waals surface area contributed by atoms with E-state index >= 15 is 0 Å². The van der Waals surface area contributed by atoms with Crippen LogP contribution in [0.15, 0.2) is 15.6 Å². The van der Waals surface area contributed by atoms with Gasteiger partial charge in [0, 0.05) is 18.7 Å². The van der Waals surface area contributed by atoms with Gasteiger partial charge in [0.1, 0.15) is 5.03 Å². The molecule has 0 bridgehead atoms. The fraction of sp³-hybridized carbons (Fsp3) is 0.467. The third-order valence-electron chi connectivity index (χ3n) is 3.73. The standard InChI is InChI=1S/C15H17FN2O3S/c1-8-5-18(6-9(2)20-8)13-10(7-19)4-11-14(12(13)16)21-17-15(11)22-3/h4,7-9H,5-6H2,1-3H3. The summed E-state index contributed by atoms with van der Waals surface area (Å²) in [6.45, 7) is 4.91. The van der Waals surface area contributed by atoms with E-state index in [1.54, 1.807) is 6.07 Å². The van der Waals surface area contributed by atoms with Gasteiger partial charge in [0.2, 0.25) is 5.58 Å². The number of hydrogen-bond donors (Lipinski definition) is 0. The summed E-state index contributed by atoms with van der Waals surface area (Å²) < 4.78 is 25.7. The summed E-state index contributed by atoms with van der Waals surface area (Å²) in [7, 11) is 0. The Bertz CT molecular complexity index is 708. The minimum absolute atomic E-state index is 0.0326. The van der Waals surface area contributed by atoms with Crippen molar-refractivity contribution in [2.45, 2.75) is 31.1 Å². The van der Waals surface area contributed by atoms with E-state index in [-0.39, 0.29) is 23.5 Å². The highest BCUT2D eigenvalue weighted by molar-refractivity contribution is 7.98. The van der Waals surface area contributed by atoms with Crippen molar-refractivity contribution >= 4 is 34.7 Å². The van der Waals surface area contributed by atoms with Gasteiger partial charge in [0.05, 0.1) is 23.3 Å². The van der Waals surface area contributed by atoms with E-state index in [0.29, 0.717) is 35.4 Å². The summed E-state index contributed by atoms with van der Waals surface area (Å²) in [5.41, 5.74) is 0.676. The molecule has 3 rings (SSSR count). The van der Waals surface area contributed by atoms with Crippen molar-refractivity contribution in [3.05, 3.63) is 17.4 Å². The highest BCUT2D eigenvalue weighted by atomic mass is 32.2. The number of ether oxygens (including phenoxy) is 1. The lowest BCUT2D eigenvalue weighted by Gasteiger charge is -2.37. The Morgan fingerprint density at radius 1 is 1.41 bits per heavy atom. The minimum atomic E-state index is -0.534. The Labute approximate surface area is 131 Å². The molecule has 118 valence electrons. The molecule has 0 radical (unpaired) electrons. The normalized spacial score (nSPS) is 22.3. The second-order valence-corrected chi connectivity index (χ2v) is 6.27. The van der Waals surface area contributed by atoms with Crippen LogP contribution in [0.5, 0.6) is 0 Å². The van der Waals surface area contributed by atoms with Crippen molar-refractivity contribution in [2.24, 2.45) is 0 Å². The van der Waals surface area contributed by atoms with Gasteiger partial charge in [0.15, 0.2) is 12.1 Å². The molecule has 2 atom stereocenters. The Hall–Kier alpha value is -1.60. The van der Waals surface area contributed by atoms with Crippen LogP contribution in [0.2, 0.25) is 0 Å². The van der Waals surface area contributed by atoms with E-state index in [1.807, 2.05) is 25.0 Å². The number of nitrogens with zero attached hydrogens (tertiary/aromatic N) is 2. The molecule has 1 aliphatic heterocycles. The zero-order valence-corrected chi connectivity index (χ0v) is 13.4. The van der Waals surface area contributed by atoms with E-state index in [0.717, 1.165) is 0 Å². The van der Waals surface area contributed by atoms with Gasteiger partial charge < -0.3 is 14.2 Å². The summed E-state index contributed by atoms with van der Waals surface area (Å²) in [6.07, 6.45) is 2.44. The highest BCUT2D eigenvalue weighted by Gasteiger charge is 2.29. The number of carbonyl (C=O) groups excluding carboxylic acids is 1. The molecule has 1 aliphatic rings. The summed E-state index contributed by atoms with van der Waals surface area (Å²) in [4.78, 5) is 13.3. The Morgan fingerprint density at radius 2 is 2.09 bits per heavy atom. The maximum absolute atomic E-state index is 14.9. The molecule has 7 heteroatoms. The zero-order valence-electron chi connectivity index (χ0n) is 12.6. The molecule has 1 fully saturated rings. The van der Waals surface area contributed by atoms with Gasteiger partial charge in [-0.15, -0.1) is 11.8 Å². The first-order valence-corrected chi connectivity index (χ1v) is 8.29. The molecule has 5 nitrogen and oxygen atoms in total. The molecule has 1 aromatic carbocycles. The lowest BCUT2D eigenvalue weighted by molar-refractivity contribution is -0.00542. The number of carbonyl (C=O) groups is 1. The average molecular weight is 324 g/mol. The van der Waals surface area contributed by atoms with Gasteiger partial charge in [-0.25, -0.2) is 4.39 Å². The number of fused-ring (bicyclic) bond motifs is 1. The van der Waals surface area contributed by atoms with Crippen LogP contribution in [0.4, 0.5) is 10.1 Å². The predicted molar refractivity (Wildman–Crippen MR) is 83.4 cm³/mol. The van der Waals surface area contributed by atoms with Crippen LogP contribution < -0.4 is 4.90 Å². The smallest absolute Gasteiger partial charge is 0.205 e. The highest BCUT2D eigenvalue weighted by Crippen LogP contribution is 2.36. The summed E-state index contributed by atoms with van der Waals surface area (Å²) in [5.74, 6) is -0.534. The van der Waals surface area contributed by atoms with Gasteiger partial charge in [0.25, 0.3) is 0 Å². The van der Waals surface area contributed by atoms with Crippen LogP contribution >= 0.6 is 11.8 Å². The van der Waals surface area contributed by atoms with Crippen molar-refractivity contribution in [1.82, 2.24) is 5.16 Å². The van der Waals surface area contributed by atoms with Crippen molar-refractivity contribution in [3.8, 4) is 0 Å². The SMILES string of the molecule is CSc1noc2c(F)c(N3CC(C)OC(C)C3)c(C=O)cc12. The monoisotopic (exact) mass is 324 g/mol. The quantitative estimate of drug-likeness (QED) is 0.639. The molecule has 1 aromatic heterocycles. The number of halogens is 1. The Balaban J connectivity index is 2.16. The average Bonchev–Trinajstić information content (AvgIpc) is 2.89. The molecule has 2 unspecified atom stereocenters. The van der Waals surface area contributed by atoms with Crippen LogP contribution in [0.3, 0.4) is 0 Å². The van der Waals surface area contributed by atoms with Crippen molar-refractivity contribution < 1.29 is 18.4 Å². The van der Waals surface area contributed by atoms with Crippen LogP contribution in [0.1, 0.15) is 24.2 Å². The number of hydrogen-bond acceptors (Lipinski definition) is 6. The molecular formula is C15H17FN2O3S. The maximum Gasteiger partial charge on any atom is 0.205 e. The lowest BCUT2D eigenvalue weighted by Crippen LogP contribution is -2.46. The number of rotatable bonds is 3. The molecule has 0 spiro atoms. The zero-order chi connectivity index (χ0) is 15.9. The fourth-order valence-electron chi connectivity index (χ4n) is 2.95. The van der Waals surface area contributed by atoms with E-state index in [4.69, 9.17) is 9.26 Å². The maximum atomic E-state index is 14.9. The first-order valence-electron chi connectivity index (χ1n) is 7.06. The summed E-state index contributed by atoms with van der Waals surface area (Å²) in [6, 6.07) is 1.65. The van der Waals surface area contributed by atoms with E-state index in [2.05, 4.69) is 5.16 Å². The predicted octanol–water partition coefficient (Wildman–Crippen LogP) is 3.11. The van der Waals surface area contributed by atoms with Crippen molar-refractivity contribution in [2.75, 3.05) is 24.2 Å². The number of thioether (sulfide) groups is 1. The van der Waals surface area contributed by atoms with Crippen LogP contribution in [-0.2, 0) is 4.74 Å².